The van der Waals surface area contributed by atoms with Crippen LogP contribution in [0.2, 0.25) is 0 Å². The monoisotopic (exact) mass is 326 g/mol. The first-order chi connectivity index (χ1) is 10.9. The van der Waals surface area contributed by atoms with Crippen molar-refractivity contribution in [3.05, 3.63) is 42.1 Å². The van der Waals surface area contributed by atoms with Gasteiger partial charge in [-0.05, 0) is 48.4 Å². The molecule has 0 spiro atoms. The van der Waals surface area contributed by atoms with Crippen molar-refractivity contribution >= 4 is 5.91 Å². The zero-order valence-corrected chi connectivity index (χ0v) is 12.5. The van der Waals surface area contributed by atoms with Crippen LogP contribution >= 0.6 is 0 Å². The Morgan fingerprint density at radius 3 is 2.48 bits per heavy atom. The van der Waals surface area contributed by atoms with Gasteiger partial charge in [0.2, 0.25) is 0 Å². The van der Waals surface area contributed by atoms with Crippen LogP contribution in [0.25, 0.3) is 11.3 Å². The van der Waals surface area contributed by atoms with E-state index >= 15 is 0 Å². The first-order valence-electron chi connectivity index (χ1n) is 7.22. The Labute approximate surface area is 131 Å². The Morgan fingerprint density at radius 1 is 1.17 bits per heavy atom. The fourth-order valence-electron chi connectivity index (χ4n) is 2.01. The van der Waals surface area contributed by atoms with Crippen molar-refractivity contribution in [3.63, 3.8) is 0 Å². The number of amides is 1. The summed E-state index contributed by atoms with van der Waals surface area (Å²) in [6.07, 6.45) is -2.82. The summed E-state index contributed by atoms with van der Waals surface area (Å²) in [4.78, 5) is 14.8. The summed E-state index contributed by atoms with van der Waals surface area (Å²) < 4.78 is 40.2. The van der Waals surface area contributed by atoms with E-state index in [1.54, 1.807) is 12.1 Å². The average Bonchev–Trinajstić information content (AvgIpc) is 2.96. The van der Waals surface area contributed by atoms with Gasteiger partial charge in [0.15, 0.2) is 0 Å². The number of carbonyl (C=O) groups excluding carboxylic acids is 1. The van der Waals surface area contributed by atoms with E-state index in [1.807, 2.05) is 6.92 Å². The summed E-state index contributed by atoms with van der Waals surface area (Å²) in [7, 11) is 0. The van der Waals surface area contributed by atoms with Crippen LogP contribution in [-0.4, -0.2) is 23.8 Å². The number of hydrogen-bond donors (Lipinski definition) is 2. The van der Waals surface area contributed by atoms with Crippen LogP contribution in [0, 0.1) is 0 Å². The van der Waals surface area contributed by atoms with Gasteiger partial charge in [-0.25, -0.2) is 0 Å². The van der Waals surface area contributed by atoms with Crippen molar-refractivity contribution in [2.75, 3.05) is 6.54 Å². The molecule has 23 heavy (non-hydrogen) atoms. The number of aromatic amines is 1. The molecule has 0 unspecified atom stereocenters. The molecule has 0 radical (unpaired) electrons. The number of benzene rings is 1. The van der Waals surface area contributed by atoms with Gasteiger partial charge in [-0.1, -0.05) is 13.3 Å². The first kappa shape index (κ1) is 16.9. The van der Waals surface area contributed by atoms with E-state index < -0.39 is 6.36 Å². The second-order valence-electron chi connectivity index (χ2n) is 4.97. The van der Waals surface area contributed by atoms with Crippen molar-refractivity contribution in [1.29, 1.82) is 0 Å². The van der Waals surface area contributed by atoms with E-state index in [0.717, 1.165) is 12.8 Å². The van der Waals surface area contributed by atoms with Crippen molar-refractivity contribution in [2.45, 2.75) is 26.1 Å². The zero-order chi connectivity index (χ0) is 16.9. The normalized spacial score (nSPS) is 11.3. The third-order valence-corrected chi connectivity index (χ3v) is 3.15. The molecule has 0 aliphatic rings. The number of nitrogens with one attached hydrogen (secondary N) is 2. The summed E-state index contributed by atoms with van der Waals surface area (Å²) in [6, 6.07) is 8.78. The number of rotatable bonds is 6. The van der Waals surface area contributed by atoms with Crippen LogP contribution in [0.5, 0.6) is 5.75 Å². The SMILES string of the molecule is CCCCNC(=O)c1ccc(-c2ccc(OC(F)(F)F)cc2)[nH]1. The molecule has 0 saturated heterocycles. The predicted octanol–water partition coefficient (Wildman–Crippen LogP) is 4.11. The van der Waals surface area contributed by atoms with E-state index in [0.29, 0.717) is 23.5 Å². The van der Waals surface area contributed by atoms with E-state index in [2.05, 4.69) is 15.0 Å². The Kier molecular flexibility index (Phi) is 5.31. The molecule has 0 aliphatic carbocycles. The van der Waals surface area contributed by atoms with Gasteiger partial charge in [0.25, 0.3) is 5.91 Å². The minimum atomic E-state index is -4.71. The molecular weight excluding hydrogens is 309 g/mol. The molecule has 124 valence electrons. The molecular formula is C16H17F3N2O2. The van der Waals surface area contributed by atoms with Crippen molar-refractivity contribution in [3.8, 4) is 17.0 Å². The Morgan fingerprint density at radius 2 is 1.87 bits per heavy atom. The molecule has 0 aliphatic heterocycles. The fraction of sp³-hybridized carbons (Fsp3) is 0.312. The molecule has 0 saturated carbocycles. The molecule has 2 N–H and O–H groups in total. The van der Waals surface area contributed by atoms with Gasteiger partial charge in [0.1, 0.15) is 11.4 Å². The van der Waals surface area contributed by atoms with Crippen LogP contribution in [0.3, 0.4) is 0 Å². The summed E-state index contributed by atoms with van der Waals surface area (Å²) in [5, 5.41) is 2.78. The zero-order valence-electron chi connectivity index (χ0n) is 12.5. The summed E-state index contributed by atoms with van der Waals surface area (Å²) in [5.74, 6) is -0.493. The highest BCUT2D eigenvalue weighted by molar-refractivity contribution is 5.93. The van der Waals surface area contributed by atoms with Crippen LogP contribution in [0.15, 0.2) is 36.4 Å². The van der Waals surface area contributed by atoms with E-state index in [9.17, 15) is 18.0 Å². The highest BCUT2D eigenvalue weighted by atomic mass is 19.4. The lowest BCUT2D eigenvalue weighted by Crippen LogP contribution is -2.24. The molecule has 4 nitrogen and oxygen atoms in total. The third kappa shape index (κ3) is 5.05. The van der Waals surface area contributed by atoms with Crippen LogP contribution in [-0.2, 0) is 0 Å². The maximum absolute atomic E-state index is 12.1. The summed E-state index contributed by atoms with van der Waals surface area (Å²) >= 11 is 0. The van der Waals surface area contributed by atoms with Gasteiger partial charge in [0.05, 0.1) is 0 Å². The number of alkyl halides is 3. The lowest BCUT2D eigenvalue weighted by Gasteiger charge is -2.08. The highest BCUT2D eigenvalue weighted by Crippen LogP contribution is 2.26. The number of unbranched alkanes of at least 4 members (excludes halogenated alkanes) is 1. The third-order valence-electron chi connectivity index (χ3n) is 3.15. The largest absolute Gasteiger partial charge is 0.573 e. The predicted molar refractivity (Wildman–Crippen MR) is 80.2 cm³/mol. The smallest absolute Gasteiger partial charge is 0.406 e. The number of H-pyrrole nitrogens is 1. The molecule has 7 heteroatoms. The van der Waals surface area contributed by atoms with E-state index in [4.69, 9.17) is 0 Å². The molecule has 1 aromatic carbocycles. The molecule has 2 aromatic rings. The molecule has 0 fully saturated rings. The van der Waals surface area contributed by atoms with Gasteiger partial charge < -0.3 is 15.0 Å². The number of aromatic nitrogens is 1. The molecule has 1 amide bonds. The Hall–Kier alpha value is -2.44. The fourth-order valence-corrected chi connectivity index (χ4v) is 2.01. The Bertz CT molecular complexity index is 648. The summed E-state index contributed by atoms with van der Waals surface area (Å²) in [5.41, 5.74) is 1.71. The highest BCUT2D eigenvalue weighted by Gasteiger charge is 2.30. The maximum Gasteiger partial charge on any atom is 0.573 e. The van der Waals surface area contributed by atoms with Gasteiger partial charge in [-0.2, -0.15) is 0 Å². The van der Waals surface area contributed by atoms with Crippen molar-refractivity contribution in [2.24, 2.45) is 0 Å². The minimum absolute atomic E-state index is 0.207. The lowest BCUT2D eigenvalue weighted by atomic mass is 10.1. The van der Waals surface area contributed by atoms with Crippen LogP contribution in [0.4, 0.5) is 13.2 Å². The molecule has 0 bridgehead atoms. The summed E-state index contributed by atoms with van der Waals surface area (Å²) in [6.45, 7) is 2.64. The Balaban J connectivity index is 2.04. The van der Waals surface area contributed by atoms with Gasteiger partial charge >= 0.3 is 6.36 Å². The lowest BCUT2D eigenvalue weighted by molar-refractivity contribution is -0.274. The second kappa shape index (κ2) is 7.21. The van der Waals surface area contributed by atoms with Crippen LogP contribution in [0.1, 0.15) is 30.3 Å². The molecule has 1 aromatic heterocycles. The topological polar surface area (TPSA) is 54.1 Å². The van der Waals surface area contributed by atoms with Crippen molar-refractivity contribution < 1.29 is 22.7 Å². The van der Waals surface area contributed by atoms with Gasteiger partial charge in [-0.15, -0.1) is 13.2 Å². The van der Waals surface area contributed by atoms with Gasteiger partial charge in [-0.3, -0.25) is 4.79 Å². The molecule has 1 heterocycles. The minimum Gasteiger partial charge on any atom is -0.406 e. The van der Waals surface area contributed by atoms with Crippen molar-refractivity contribution in [1.82, 2.24) is 10.3 Å². The molecule has 0 atom stereocenters. The molecule has 2 rings (SSSR count). The first-order valence-corrected chi connectivity index (χ1v) is 7.22. The number of ether oxygens (including phenoxy) is 1. The average molecular weight is 326 g/mol. The quantitative estimate of drug-likeness (QED) is 0.785. The van der Waals surface area contributed by atoms with E-state index in [1.165, 1.54) is 24.3 Å². The number of hydrogen-bond acceptors (Lipinski definition) is 2. The van der Waals surface area contributed by atoms with Crippen LogP contribution < -0.4 is 10.1 Å². The number of carbonyl (C=O) groups is 1. The van der Waals surface area contributed by atoms with E-state index in [-0.39, 0.29) is 11.7 Å². The van der Waals surface area contributed by atoms with Gasteiger partial charge in [0, 0.05) is 12.2 Å². The maximum atomic E-state index is 12.1. The number of halogens is 3. The second-order valence-corrected chi connectivity index (χ2v) is 4.97. The standard InChI is InChI=1S/C16H17F3N2O2/c1-2-3-10-20-15(22)14-9-8-13(21-14)11-4-6-12(7-5-11)23-16(17,18)19/h4-9,21H,2-3,10H2,1H3,(H,20,22).